The van der Waals surface area contributed by atoms with Gasteiger partial charge in [-0.2, -0.15) is 13.2 Å². The number of alkyl halides is 3. The van der Waals surface area contributed by atoms with E-state index in [0.717, 1.165) is 17.9 Å². The number of Topliss-reactive ketones (excluding diaryl/α,β-unsaturated/α-hetero) is 1. The van der Waals surface area contributed by atoms with Crippen LogP contribution in [-0.2, 0) is 15.7 Å². The molecule has 1 aromatic carbocycles. The molecule has 1 aliphatic rings. The third kappa shape index (κ3) is 3.58. The second kappa shape index (κ2) is 6.64. The molecule has 1 N–H and O–H groups in total. The van der Waals surface area contributed by atoms with Crippen LogP contribution >= 0.6 is 11.8 Å². The van der Waals surface area contributed by atoms with Crippen LogP contribution in [-0.4, -0.2) is 23.5 Å². The first-order valence-electron chi connectivity index (χ1n) is 6.79. The topological polar surface area (TPSA) is 38.3 Å². The maximum Gasteiger partial charge on any atom is 0.416 e. The van der Waals surface area contributed by atoms with Crippen molar-refractivity contribution >= 4 is 23.1 Å². The van der Waals surface area contributed by atoms with Crippen LogP contribution in [0, 0.1) is 0 Å². The van der Waals surface area contributed by atoms with E-state index >= 15 is 0 Å². The third-order valence-electron chi connectivity index (χ3n) is 3.15. The predicted octanol–water partition coefficient (Wildman–Crippen LogP) is 3.66. The van der Waals surface area contributed by atoms with Gasteiger partial charge in [-0.15, -0.1) is 11.8 Å². The summed E-state index contributed by atoms with van der Waals surface area (Å²) in [5.41, 5.74) is -0.393. The van der Waals surface area contributed by atoms with Gasteiger partial charge in [0.25, 0.3) is 0 Å². The number of hydrogen-bond donors (Lipinski definition) is 1. The molecule has 2 rings (SSSR count). The van der Waals surface area contributed by atoms with Crippen molar-refractivity contribution < 1.29 is 22.7 Å². The Hall–Kier alpha value is -1.63. The number of carbonyl (C=O) groups is 1. The number of ether oxygens (including phenoxy) is 1. The lowest BCUT2D eigenvalue weighted by molar-refractivity contribution is -0.137. The highest BCUT2D eigenvalue weighted by Crippen LogP contribution is 2.34. The van der Waals surface area contributed by atoms with Gasteiger partial charge in [0.15, 0.2) is 12.0 Å². The van der Waals surface area contributed by atoms with Crippen LogP contribution in [0.5, 0.6) is 0 Å². The van der Waals surface area contributed by atoms with Crippen LogP contribution in [0.2, 0.25) is 0 Å². The fraction of sp³-hybridized carbons (Fsp3) is 0.400. The largest absolute Gasteiger partial charge is 0.467 e. The Morgan fingerprint density at radius 3 is 2.73 bits per heavy atom. The summed E-state index contributed by atoms with van der Waals surface area (Å²) in [5, 5.41) is 2.97. The molecule has 0 spiro atoms. The first kappa shape index (κ1) is 16.7. The van der Waals surface area contributed by atoms with E-state index in [0.29, 0.717) is 5.88 Å². The summed E-state index contributed by atoms with van der Waals surface area (Å²) in [6.07, 6.45) is -5.14. The molecule has 0 bridgehead atoms. The first-order valence-corrected chi connectivity index (χ1v) is 7.94. The second-order valence-electron chi connectivity index (χ2n) is 4.72. The maximum absolute atomic E-state index is 12.8. The fourth-order valence-corrected chi connectivity index (χ4v) is 2.51. The Balaban J connectivity index is 2.37. The van der Waals surface area contributed by atoms with E-state index in [-0.39, 0.29) is 22.8 Å². The Morgan fingerprint density at radius 2 is 2.09 bits per heavy atom. The van der Waals surface area contributed by atoms with E-state index in [2.05, 4.69) is 5.32 Å². The standard InChI is InChI=1S/C15H16F3NO2S/c1-3-22-8-19-14-12(13(20)9(2)21-14)10-5-4-6-11(7-10)15(16,17)18/h4-7,9,19H,3,8H2,1-2H3. The summed E-state index contributed by atoms with van der Waals surface area (Å²) >= 11 is 1.59. The SMILES string of the molecule is CCSCNC1=C(c2cccc(C(F)(F)F)c2)C(=O)C(C)O1. The molecule has 0 saturated carbocycles. The quantitative estimate of drug-likeness (QED) is 0.660. The zero-order chi connectivity index (χ0) is 16.3. The summed E-state index contributed by atoms with van der Waals surface area (Å²) in [4.78, 5) is 12.2. The van der Waals surface area contributed by atoms with Crippen molar-refractivity contribution in [3.05, 3.63) is 41.3 Å². The number of thioether (sulfide) groups is 1. The molecule has 7 heteroatoms. The number of benzene rings is 1. The molecule has 0 saturated heterocycles. The average molecular weight is 331 g/mol. The van der Waals surface area contributed by atoms with Gasteiger partial charge in [-0.3, -0.25) is 4.79 Å². The number of nitrogens with one attached hydrogen (secondary N) is 1. The number of halogens is 3. The van der Waals surface area contributed by atoms with Crippen molar-refractivity contribution in [2.24, 2.45) is 0 Å². The molecule has 0 fully saturated rings. The number of rotatable bonds is 5. The van der Waals surface area contributed by atoms with Crippen molar-refractivity contribution in [1.82, 2.24) is 5.32 Å². The highest BCUT2D eigenvalue weighted by molar-refractivity contribution is 7.99. The lowest BCUT2D eigenvalue weighted by Crippen LogP contribution is -2.16. The van der Waals surface area contributed by atoms with Crippen LogP contribution in [0.1, 0.15) is 25.0 Å². The van der Waals surface area contributed by atoms with Crippen LogP contribution in [0.25, 0.3) is 5.57 Å². The molecule has 1 unspecified atom stereocenters. The van der Waals surface area contributed by atoms with Crippen LogP contribution < -0.4 is 5.32 Å². The molecule has 0 amide bonds. The Bertz CT molecular complexity index is 599. The molecule has 3 nitrogen and oxygen atoms in total. The molecule has 1 atom stereocenters. The van der Waals surface area contributed by atoms with Crippen LogP contribution in [0.3, 0.4) is 0 Å². The van der Waals surface area contributed by atoms with Gasteiger partial charge in [-0.25, -0.2) is 0 Å². The minimum Gasteiger partial charge on any atom is -0.467 e. The van der Waals surface area contributed by atoms with Gasteiger partial charge in [-0.1, -0.05) is 19.1 Å². The van der Waals surface area contributed by atoms with E-state index in [9.17, 15) is 18.0 Å². The smallest absolute Gasteiger partial charge is 0.416 e. The highest BCUT2D eigenvalue weighted by Gasteiger charge is 2.35. The molecule has 0 radical (unpaired) electrons. The molecule has 120 valence electrons. The zero-order valence-electron chi connectivity index (χ0n) is 12.2. The summed E-state index contributed by atoms with van der Waals surface area (Å²) in [7, 11) is 0. The van der Waals surface area contributed by atoms with Crippen molar-refractivity contribution in [2.75, 3.05) is 11.6 Å². The number of carbonyl (C=O) groups excluding carboxylic acids is 1. The lowest BCUT2D eigenvalue weighted by Gasteiger charge is -2.11. The Kier molecular flexibility index (Phi) is 5.05. The zero-order valence-corrected chi connectivity index (χ0v) is 13.0. The van der Waals surface area contributed by atoms with Gasteiger partial charge in [0.05, 0.1) is 17.0 Å². The van der Waals surface area contributed by atoms with E-state index in [4.69, 9.17) is 4.74 Å². The number of hydrogen-bond acceptors (Lipinski definition) is 4. The summed E-state index contributed by atoms with van der Waals surface area (Å²) in [6.45, 7) is 3.56. The van der Waals surface area contributed by atoms with E-state index in [1.54, 1.807) is 18.7 Å². The second-order valence-corrected chi connectivity index (χ2v) is 6.00. The minimum absolute atomic E-state index is 0.176. The van der Waals surface area contributed by atoms with Crippen LogP contribution in [0.4, 0.5) is 13.2 Å². The molecule has 0 aromatic heterocycles. The van der Waals surface area contributed by atoms with E-state index in [1.807, 2.05) is 6.92 Å². The van der Waals surface area contributed by atoms with Crippen molar-refractivity contribution in [3.63, 3.8) is 0 Å². The van der Waals surface area contributed by atoms with Gasteiger partial charge in [-0.05, 0) is 30.4 Å². The molecular formula is C15H16F3NO2S. The van der Waals surface area contributed by atoms with Gasteiger partial charge >= 0.3 is 6.18 Å². The molecular weight excluding hydrogens is 315 g/mol. The Morgan fingerprint density at radius 1 is 1.36 bits per heavy atom. The Labute approximate surface area is 130 Å². The normalized spacial score (nSPS) is 18.6. The van der Waals surface area contributed by atoms with Crippen molar-refractivity contribution in [3.8, 4) is 0 Å². The average Bonchev–Trinajstić information content (AvgIpc) is 2.74. The van der Waals surface area contributed by atoms with Gasteiger partial charge in [0, 0.05) is 0 Å². The summed E-state index contributed by atoms with van der Waals surface area (Å²) in [5.74, 6) is 1.33. The first-order chi connectivity index (χ1) is 10.3. The molecule has 1 heterocycles. The monoisotopic (exact) mass is 331 g/mol. The maximum atomic E-state index is 12.8. The van der Waals surface area contributed by atoms with Gasteiger partial charge in [0.1, 0.15) is 0 Å². The van der Waals surface area contributed by atoms with E-state index < -0.39 is 17.8 Å². The molecule has 0 aliphatic carbocycles. The molecule has 22 heavy (non-hydrogen) atoms. The lowest BCUT2D eigenvalue weighted by atomic mass is 9.99. The third-order valence-corrected chi connectivity index (χ3v) is 3.91. The number of ketones is 1. The molecule has 1 aliphatic heterocycles. The molecule has 1 aromatic rings. The van der Waals surface area contributed by atoms with Crippen molar-refractivity contribution in [2.45, 2.75) is 26.1 Å². The highest BCUT2D eigenvalue weighted by atomic mass is 32.2. The van der Waals surface area contributed by atoms with Crippen LogP contribution in [0.15, 0.2) is 30.1 Å². The fourth-order valence-electron chi connectivity index (χ4n) is 2.08. The van der Waals surface area contributed by atoms with Gasteiger partial charge in [0.2, 0.25) is 5.78 Å². The minimum atomic E-state index is -4.45. The van der Waals surface area contributed by atoms with Gasteiger partial charge < -0.3 is 10.1 Å². The predicted molar refractivity (Wildman–Crippen MR) is 80.1 cm³/mol. The van der Waals surface area contributed by atoms with E-state index in [1.165, 1.54) is 12.1 Å². The summed E-state index contributed by atoms with van der Waals surface area (Å²) < 4.78 is 43.9. The van der Waals surface area contributed by atoms with Crippen molar-refractivity contribution in [1.29, 1.82) is 0 Å². The summed E-state index contributed by atoms with van der Waals surface area (Å²) in [6, 6.07) is 4.73.